The number of pyridine rings is 1. The number of carbonyl (C=O) groups excluding carboxylic acids is 1. The Morgan fingerprint density at radius 3 is 2.82 bits per heavy atom. The number of hydrogen-bond donors (Lipinski definition) is 0. The lowest BCUT2D eigenvalue weighted by Gasteiger charge is -2.12. The molecular weight excluding hydrogens is 278 g/mol. The van der Waals surface area contributed by atoms with E-state index in [1.165, 1.54) is 6.08 Å². The number of aromatic nitrogens is 1. The molecule has 0 spiro atoms. The van der Waals surface area contributed by atoms with Crippen molar-refractivity contribution in [3.63, 3.8) is 0 Å². The van der Waals surface area contributed by atoms with Gasteiger partial charge in [0.05, 0.1) is 13.7 Å². The predicted molar refractivity (Wildman–Crippen MR) is 86.4 cm³/mol. The van der Waals surface area contributed by atoms with E-state index >= 15 is 0 Å². The summed E-state index contributed by atoms with van der Waals surface area (Å²) in [4.78, 5) is 16.0. The predicted octanol–water partition coefficient (Wildman–Crippen LogP) is 3.78. The van der Waals surface area contributed by atoms with Crippen molar-refractivity contribution in [1.82, 2.24) is 4.98 Å². The first-order valence-corrected chi connectivity index (χ1v) is 7.18. The maximum atomic E-state index is 12.1. The average molecular weight is 297 g/mol. The summed E-state index contributed by atoms with van der Waals surface area (Å²) in [6.45, 7) is 2.63. The average Bonchev–Trinajstić information content (AvgIpc) is 2.58. The van der Waals surface area contributed by atoms with Crippen molar-refractivity contribution < 1.29 is 14.3 Å². The number of allylic oxidation sites excluding steroid dienone is 1. The standard InChI is InChI=1S/C18H19NO3/c1-3-12-22-18-14(6-4-8-17(18)21-2)9-10-16(20)15-7-5-11-19-13-15/h4-11,13H,3,12H2,1-2H3/b10-9+. The third-order valence-electron chi connectivity index (χ3n) is 3.04. The topological polar surface area (TPSA) is 48.4 Å². The Morgan fingerprint density at radius 1 is 1.27 bits per heavy atom. The fraction of sp³-hybridized carbons (Fsp3) is 0.222. The van der Waals surface area contributed by atoms with Crippen LogP contribution in [0.25, 0.3) is 6.08 Å². The minimum atomic E-state index is -0.0997. The zero-order chi connectivity index (χ0) is 15.8. The second kappa shape index (κ2) is 7.98. The molecule has 1 aromatic carbocycles. The van der Waals surface area contributed by atoms with E-state index in [-0.39, 0.29) is 5.78 Å². The Balaban J connectivity index is 2.24. The summed E-state index contributed by atoms with van der Waals surface area (Å²) in [5.74, 6) is 1.21. The molecule has 0 aliphatic heterocycles. The number of ether oxygens (including phenoxy) is 2. The molecule has 0 aliphatic rings. The van der Waals surface area contributed by atoms with Crippen molar-refractivity contribution in [1.29, 1.82) is 0 Å². The molecule has 0 saturated heterocycles. The van der Waals surface area contributed by atoms with Crippen LogP contribution in [0.5, 0.6) is 11.5 Å². The van der Waals surface area contributed by atoms with Crippen LogP contribution in [0.2, 0.25) is 0 Å². The zero-order valence-electron chi connectivity index (χ0n) is 12.8. The summed E-state index contributed by atoms with van der Waals surface area (Å²) in [7, 11) is 1.60. The van der Waals surface area contributed by atoms with Gasteiger partial charge in [0, 0.05) is 23.5 Å². The first-order chi connectivity index (χ1) is 10.8. The highest BCUT2D eigenvalue weighted by Crippen LogP contribution is 2.32. The summed E-state index contributed by atoms with van der Waals surface area (Å²) in [6, 6.07) is 9.07. The highest BCUT2D eigenvalue weighted by atomic mass is 16.5. The third kappa shape index (κ3) is 3.95. The molecule has 0 fully saturated rings. The van der Waals surface area contributed by atoms with Gasteiger partial charge in [-0.15, -0.1) is 0 Å². The van der Waals surface area contributed by atoms with Gasteiger partial charge in [-0.3, -0.25) is 9.78 Å². The van der Waals surface area contributed by atoms with Gasteiger partial charge in [-0.2, -0.15) is 0 Å². The van der Waals surface area contributed by atoms with E-state index in [2.05, 4.69) is 4.98 Å². The molecule has 1 heterocycles. The molecule has 0 unspecified atom stereocenters. The molecule has 1 aromatic heterocycles. The molecule has 0 N–H and O–H groups in total. The van der Waals surface area contributed by atoms with Crippen LogP contribution in [0.15, 0.2) is 48.8 Å². The minimum absolute atomic E-state index is 0.0997. The maximum absolute atomic E-state index is 12.1. The molecule has 0 atom stereocenters. The largest absolute Gasteiger partial charge is 0.493 e. The smallest absolute Gasteiger partial charge is 0.187 e. The van der Waals surface area contributed by atoms with Crippen molar-refractivity contribution in [3.8, 4) is 11.5 Å². The van der Waals surface area contributed by atoms with E-state index in [4.69, 9.17) is 9.47 Å². The maximum Gasteiger partial charge on any atom is 0.187 e. The number of benzene rings is 1. The molecule has 4 heteroatoms. The second-order valence-electron chi connectivity index (χ2n) is 4.67. The van der Waals surface area contributed by atoms with Gasteiger partial charge in [0.1, 0.15) is 0 Å². The molecule has 4 nitrogen and oxygen atoms in total. The molecule has 0 aliphatic carbocycles. The van der Waals surface area contributed by atoms with Crippen LogP contribution in [0, 0.1) is 0 Å². The van der Waals surface area contributed by atoms with E-state index in [0.717, 1.165) is 12.0 Å². The van der Waals surface area contributed by atoms with E-state index in [0.29, 0.717) is 23.7 Å². The van der Waals surface area contributed by atoms with Crippen LogP contribution in [-0.2, 0) is 0 Å². The van der Waals surface area contributed by atoms with E-state index in [1.54, 1.807) is 37.7 Å². The Bertz CT molecular complexity index is 651. The number of rotatable bonds is 7. The Kier molecular flexibility index (Phi) is 5.72. The number of ketones is 1. The van der Waals surface area contributed by atoms with Crippen LogP contribution >= 0.6 is 0 Å². The highest BCUT2D eigenvalue weighted by Gasteiger charge is 2.09. The van der Waals surface area contributed by atoms with Crippen LogP contribution < -0.4 is 9.47 Å². The van der Waals surface area contributed by atoms with E-state index in [1.807, 2.05) is 25.1 Å². The van der Waals surface area contributed by atoms with Crippen LogP contribution in [0.3, 0.4) is 0 Å². The van der Waals surface area contributed by atoms with Gasteiger partial charge in [-0.25, -0.2) is 0 Å². The number of methoxy groups -OCH3 is 1. The lowest BCUT2D eigenvalue weighted by atomic mass is 10.1. The summed E-state index contributed by atoms with van der Waals surface area (Å²) < 4.78 is 11.1. The van der Waals surface area contributed by atoms with Crippen molar-refractivity contribution >= 4 is 11.9 Å². The number of nitrogens with zero attached hydrogens (tertiary/aromatic N) is 1. The Hall–Kier alpha value is -2.62. The molecule has 22 heavy (non-hydrogen) atoms. The zero-order valence-corrected chi connectivity index (χ0v) is 12.8. The minimum Gasteiger partial charge on any atom is -0.493 e. The molecule has 0 bridgehead atoms. The van der Waals surface area contributed by atoms with Gasteiger partial charge in [0.25, 0.3) is 0 Å². The van der Waals surface area contributed by atoms with Gasteiger partial charge in [0.2, 0.25) is 0 Å². The number of carbonyl (C=O) groups is 1. The van der Waals surface area contributed by atoms with Crippen molar-refractivity contribution in [3.05, 3.63) is 59.9 Å². The van der Waals surface area contributed by atoms with Crippen LogP contribution in [0.4, 0.5) is 0 Å². The van der Waals surface area contributed by atoms with Crippen LogP contribution in [-0.4, -0.2) is 24.5 Å². The molecule has 0 saturated carbocycles. The first kappa shape index (κ1) is 15.8. The summed E-state index contributed by atoms with van der Waals surface area (Å²) in [5.41, 5.74) is 1.36. The van der Waals surface area contributed by atoms with E-state index < -0.39 is 0 Å². The van der Waals surface area contributed by atoms with Crippen molar-refractivity contribution in [2.45, 2.75) is 13.3 Å². The van der Waals surface area contributed by atoms with E-state index in [9.17, 15) is 4.79 Å². The lowest BCUT2D eigenvalue weighted by molar-refractivity contribution is 0.104. The van der Waals surface area contributed by atoms with Gasteiger partial charge in [-0.05, 0) is 36.8 Å². The number of para-hydroxylation sites is 1. The molecule has 114 valence electrons. The molecule has 2 rings (SSSR count). The monoisotopic (exact) mass is 297 g/mol. The molecular formula is C18H19NO3. The van der Waals surface area contributed by atoms with Crippen LogP contribution in [0.1, 0.15) is 29.3 Å². The number of hydrogen-bond acceptors (Lipinski definition) is 4. The normalized spacial score (nSPS) is 10.6. The molecule has 2 aromatic rings. The van der Waals surface area contributed by atoms with Gasteiger partial charge >= 0.3 is 0 Å². The first-order valence-electron chi connectivity index (χ1n) is 7.18. The SMILES string of the molecule is CCCOc1c(/C=C/C(=O)c2cccnc2)cccc1OC. The Labute approximate surface area is 130 Å². The summed E-state index contributed by atoms with van der Waals surface area (Å²) >= 11 is 0. The van der Waals surface area contributed by atoms with Gasteiger partial charge in [0.15, 0.2) is 17.3 Å². The fourth-order valence-corrected chi connectivity index (χ4v) is 1.95. The van der Waals surface area contributed by atoms with Crippen molar-refractivity contribution in [2.75, 3.05) is 13.7 Å². The lowest BCUT2D eigenvalue weighted by Crippen LogP contribution is -2.00. The van der Waals surface area contributed by atoms with Gasteiger partial charge < -0.3 is 9.47 Å². The quantitative estimate of drug-likeness (QED) is 0.576. The van der Waals surface area contributed by atoms with Crippen molar-refractivity contribution in [2.24, 2.45) is 0 Å². The fourth-order valence-electron chi connectivity index (χ4n) is 1.95. The summed E-state index contributed by atoms with van der Waals surface area (Å²) in [5, 5.41) is 0. The molecule has 0 amide bonds. The second-order valence-corrected chi connectivity index (χ2v) is 4.67. The third-order valence-corrected chi connectivity index (χ3v) is 3.04. The Morgan fingerprint density at radius 2 is 2.14 bits per heavy atom. The molecule has 0 radical (unpaired) electrons. The highest BCUT2D eigenvalue weighted by molar-refractivity contribution is 6.06. The van der Waals surface area contributed by atoms with Gasteiger partial charge in [-0.1, -0.05) is 19.1 Å². The summed E-state index contributed by atoms with van der Waals surface area (Å²) in [6.07, 6.45) is 7.34.